The van der Waals surface area contributed by atoms with Crippen molar-refractivity contribution in [2.24, 2.45) is 56.7 Å². The fourth-order valence-electron chi connectivity index (χ4n) is 12.8. The fraction of sp³-hybridized carbons (Fsp3) is 0.850. The molecule has 0 bridgehead atoms. The summed E-state index contributed by atoms with van der Waals surface area (Å²) in [4.78, 5) is 48.9. The molecule has 270 valence electrons. The van der Waals surface area contributed by atoms with E-state index in [1.165, 1.54) is 32.6 Å². The summed E-state index contributed by atoms with van der Waals surface area (Å²) in [5.74, 6) is 1.02. The molecule has 8 nitrogen and oxygen atoms in total. The van der Waals surface area contributed by atoms with Gasteiger partial charge < -0.3 is 18.9 Å². The normalized spacial score (nSPS) is 41.0. The van der Waals surface area contributed by atoms with Gasteiger partial charge in [0.05, 0.1) is 46.5 Å². The van der Waals surface area contributed by atoms with Gasteiger partial charge in [-0.3, -0.25) is 19.2 Å². The van der Waals surface area contributed by atoms with Crippen molar-refractivity contribution < 1.29 is 38.1 Å². The molecule has 0 aromatic carbocycles. The third kappa shape index (κ3) is 6.03. The molecule has 5 aliphatic carbocycles. The van der Waals surface area contributed by atoms with E-state index in [-0.39, 0.29) is 82.7 Å². The molecule has 0 radical (unpaired) electrons. The highest BCUT2D eigenvalue weighted by atomic mass is 16.5. The van der Waals surface area contributed by atoms with Crippen molar-refractivity contribution in [3.63, 3.8) is 0 Å². The van der Waals surface area contributed by atoms with Crippen LogP contribution in [-0.2, 0) is 38.1 Å². The van der Waals surface area contributed by atoms with Crippen LogP contribution in [0.5, 0.6) is 0 Å². The molecule has 0 aromatic heterocycles. The van der Waals surface area contributed by atoms with Crippen LogP contribution in [0.15, 0.2) is 12.2 Å². The van der Waals surface area contributed by atoms with Crippen molar-refractivity contribution in [1.29, 1.82) is 0 Å². The molecule has 0 spiro atoms. The molecule has 0 heterocycles. The first-order valence-electron chi connectivity index (χ1n) is 18.6. The highest BCUT2D eigenvalue weighted by Gasteiger charge is 2.71. The molecule has 0 aromatic rings. The van der Waals surface area contributed by atoms with Gasteiger partial charge >= 0.3 is 23.9 Å². The molecule has 10 atom stereocenters. The number of ether oxygens (including phenoxy) is 4. The Morgan fingerprint density at radius 2 is 1.29 bits per heavy atom. The maximum atomic E-state index is 12.8. The van der Waals surface area contributed by atoms with Crippen LogP contribution in [0.25, 0.3) is 0 Å². The zero-order chi connectivity index (χ0) is 35.3. The second kappa shape index (κ2) is 13.4. The van der Waals surface area contributed by atoms with Crippen LogP contribution in [0.4, 0.5) is 0 Å². The summed E-state index contributed by atoms with van der Waals surface area (Å²) in [5.41, 5.74) is 1.53. The minimum absolute atomic E-state index is 0.0448. The van der Waals surface area contributed by atoms with E-state index in [0.29, 0.717) is 36.2 Å². The van der Waals surface area contributed by atoms with Crippen LogP contribution in [-0.4, -0.2) is 50.8 Å². The summed E-state index contributed by atoms with van der Waals surface area (Å²) in [6.45, 7) is 19.5. The topological polar surface area (TPSA) is 105 Å². The number of hydrogen-bond acceptors (Lipinski definition) is 8. The molecule has 0 amide bonds. The molecular weight excluding hydrogens is 608 g/mol. The quantitative estimate of drug-likeness (QED) is 0.131. The van der Waals surface area contributed by atoms with E-state index in [2.05, 4.69) is 48.1 Å². The molecule has 5 fully saturated rings. The van der Waals surface area contributed by atoms with Gasteiger partial charge in [-0.1, -0.05) is 46.8 Å². The van der Waals surface area contributed by atoms with Gasteiger partial charge in [0.25, 0.3) is 0 Å². The van der Waals surface area contributed by atoms with Crippen LogP contribution < -0.4 is 0 Å². The standard InChI is InChI=1S/C40H62O8/c1-25(2)26-16-21-40(24-47-33(43)14-12-31(41)45-8)23-22-38(6)27(35(26)40)10-11-29-37(5)19-18-30(48-34(44)15-13-32(42)46-9)36(3,4)28(37)17-20-39(29,38)7/h26-30,35H,1,10-24H2,2-9H3. The summed E-state index contributed by atoms with van der Waals surface area (Å²) >= 11 is 0. The van der Waals surface area contributed by atoms with Crippen molar-refractivity contribution in [2.75, 3.05) is 20.8 Å². The third-order valence-electron chi connectivity index (χ3n) is 15.5. The predicted molar refractivity (Wildman–Crippen MR) is 182 cm³/mol. The van der Waals surface area contributed by atoms with Crippen molar-refractivity contribution in [1.82, 2.24) is 0 Å². The molecule has 5 rings (SSSR count). The van der Waals surface area contributed by atoms with Crippen molar-refractivity contribution in [2.45, 2.75) is 138 Å². The Bertz CT molecular complexity index is 1290. The van der Waals surface area contributed by atoms with Gasteiger partial charge in [-0.05, 0) is 117 Å². The third-order valence-corrected chi connectivity index (χ3v) is 15.5. The second-order valence-electron chi connectivity index (χ2n) is 17.7. The number of carbonyl (C=O) groups is 4. The monoisotopic (exact) mass is 670 g/mol. The Balaban J connectivity index is 1.36. The van der Waals surface area contributed by atoms with E-state index in [9.17, 15) is 19.2 Å². The minimum Gasteiger partial charge on any atom is -0.469 e. The van der Waals surface area contributed by atoms with Crippen molar-refractivity contribution in [3.8, 4) is 0 Å². The first kappa shape index (κ1) is 36.9. The van der Waals surface area contributed by atoms with Crippen molar-refractivity contribution in [3.05, 3.63) is 12.2 Å². The van der Waals surface area contributed by atoms with Crippen LogP contribution in [0, 0.1) is 56.7 Å². The summed E-state index contributed by atoms with van der Waals surface area (Å²) in [7, 11) is 2.68. The van der Waals surface area contributed by atoms with Crippen LogP contribution in [0.1, 0.15) is 131 Å². The Morgan fingerprint density at radius 3 is 1.92 bits per heavy atom. The molecule has 5 aliphatic rings. The van der Waals surface area contributed by atoms with Crippen LogP contribution >= 0.6 is 0 Å². The Kier molecular flexibility index (Phi) is 10.3. The number of fused-ring (bicyclic) bond motifs is 7. The maximum absolute atomic E-state index is 12.8. The lowest BCUT2D eigenvalue weighted by Crippen LogP contribution is -2.67. The first-order valence-corrected chi connectivity index (χ1v) is 18.6. The van der Waals surface area contributed by atoms with E-state index in [4.69, 9.17) is 18.9 Å². The van der Waals surface area contributed by atoms with Crippen LogP contribution in [0.2, 0.25) is 0 Å². The summed E-state index contributed by atoms with van der Waals surface area (Å²) in [6, 6.07) is 0. The molecule has 8 heteroatoms. The second-order valence-corrected chi connectivity index (χ2v) is 17.7. The fourth-order valence-corrected chi connectivity index (χ4v) is 12.8. The summed E-state index contributed by atoms with van der Waals surface area (Å²) in [5, 5.41) is 0. The maximum Gasteiger partial charge on any atom is 0.306 e. The molecular formula is C40H62O8. The average Bonchev–Trinajstić information content (AvgIpc) is 3.43. The van der Waals surface area contributed by atoms with E-state index >= 15 is 0 Å². The largest absolute Gasteiger partial charge is 0.469 e. The highest BCUT2D eigenvalue weighted by Crippen LogP contribution is 2.77. The number of esters is 4. The van der Waals surface area contributed by atoms with Crippen molar-refractivity contribution >= 4 is 23.9 Å². The molecule has 10 unspecified atom stereocenters. The van der Waals surface area contributed by atoms with Gasteiger partial charge in [0.15, 0.2) is 0 Å². The van der Waals surface area contributed by atoms with Crippen LogP contribution in [0.3, 0.4) is 0 Å². The zero-order valence-electron chi connectivity index (χ0n) is 31.0. The van der Waals surface area contributed by atoms with Gasteiger partial charge in [-0.15, -0.1) is 0 Å². The Morgan fingerprint density at radius 1 is 0.667 bits per heavy atom. The molecule has 5 saturated carbocycles. The van der Waals surface area contributed by atoms with Gasteiger partial charge in [-0.2, -0.15) is 0 Å². The van der Waals surface area contributed by atoms with E-state index < -0.39 is 0 Å². The lowest BCUT2D eigenvalue weighted by Gasteiger charge is -2.73. The molecule has 0 saturated heterocycles. The minimum atomic E-state index is -0.387. The summed E-state index contributed by atoms with van der Waals surface area (Å²) < 4.78 is 21.6. The van der Waals surface area contributed by atoms with Gasteiger partial charge in [-0.25, -0.2) is 0 Å². The predicted octanol–water partition coefficient (Wildman–Crippen LogP) is 8.01. The number of allylic oxidation sites excluding steroid dienone is 1. The van der Waals surface area contributed by atoms with Gasteiger partial charge in [0, 0.05) is 10.8 Å². The molecule has 0 aliphatic heterocycles. The highest BCUT2D eigenvalue weighted by molar-refractivity contribution is 5.78. The molecule has 0 N–H and O–H groups in total. The summed E-state index contributed by atoms with van der Waals surface area (Å²) in [6.07, 6.45) is 10.9. The smallest absolute Gasteiger partial charge is 0.306 e. The first-order chi connectivity index (χ1) is 22.5. The SMILES string of the molecule is C=C(C)C1CCC2(COC(=O)CCC(=O)OC)CCC3(C)C(CCC4C5(C)CCC(OC(=O)CCC(=O)OC)C(C)(C)C5CCC43C)C12. The Hall–Kier alpha value is -2.38. The Labute approximate surface area is 288 Å². The van der Waals surface area contributed by atoms with E-state index in [1.807, 2.05) is 0 Å². The lowest BCUT2D eigenvalue weighted by molar-refractivity contribution is -0.252. The van der Waals surface area contributed by atoms with E-state index in [1.54, 1.807) is 0 Å². The molecule has 48 heavy (non-hydrogen) atoms. The number of carbonyl (C=O) groups excluding carboxylic acids is 4. The lowest BCUT2D eigenvalue weighted by atomic mass is 9.32. The zero-order valence-corrected chi connectivity index (χ0v) is 31.0. The van der Waals surface area contributed by atoms with Gasteiger partial charge in [0.2, 0.25) is 0 Å². The van der Waals surface area contributed by atoms with E-state index in [0.717, 1.165) is 51.4 Å². The number of rotatable bonds is 10. The number of methoxy groups -OCH3 is 2. The average molecular weight is 671 g/mol. The number of hydrogen-bond donors (Lipinski definition) is 0. The van der Waals surface area contributed by atoms with Gasteiger partial charge in [0.1, 0.15) is 6.10 Å².